The van der Waals surface area contributed by atoms with Crippen molar-refractivity contribution in [3.05, 3.63) is 65.2 Å². The van der Waals surface area contributed by atoms with E-state index in [1.807, 2.05) is 6.92 Å². The number of benzene rings is 2. The first-order valence-corrected chi connectivity index (χ1v) is 8.53. The van der Waals surface area contributed by atoms with Crippen molar-refractivity contribution in [2.45, 2.75) is 20.0 Å². The highest BCUT2D eigenvalue weighted by atomic mass is 35.5. The van der Waals surface area contributed by atoms with Crippen LogP contribution in [0.2, 0.25) is 5.02 Å². The predicted molar refractivity (Wildman–Crippen MR) is 102 cm³/mol. The van der Waals surface area contributed by atoms with Gasteiger partial charge in [-0.05, 0) is 61.9 Å². The van der Waals surface area contributed by atoms with Crippen LogP contribution >= 0.6 is 11.6 Å². The highest BCUT2D eigenvalue weighted by molar-refractivity contribution is 6.30. The molecule has 1 amide bonds. The molecule has 0 aromatic heterocycles. The molecule has 0 heterocycles. The molecule has 2 aromatic rings. The first-order chi connectivity index (χ1) is 12.5. The average molecular weight is 374 g/mol. The van der Waals surface area contributed by atoms with Gasteiger partial charge in [0.25, 0.3) is 5.91 Å². The summed E-state index contributed by atoms with van der Waals surface area (Å²) in [5.74, 6) is -0.297. The Bertz CT molecular complexity index is 769. The minimum Gasteiger partial charge on any atom is -0.494 e. The molecule has 1 N–H and O–H groups in total. The molecule has 2 aromatic carbocycles. The zero-order valence-electron chi connectivity index (χ0n) is 14.6. The van der Waals surface area contributed by atoms with Crippen molar-refractivity contribution in [2.75, 3.05) is 11.9 Å². The number of carbonyl (C=O) groups excluding carboxylic acids is 2. The SMILES string of the molecule is CCOc1ccc(NC(=O)[C@@H](C)OC(=O)/C=C/c2ccc(Cl)cc2)cc1. The second-order valence-corrected chi connectivity index (χ2v) is 5.85. The maximum atomic E-state index is 12.1. The normalized spacial score (nSPS) is 11.8. The summed E-state index contributed by atoms with van der Waals surface area (Å²) in [6.45, 7) is 3.98. The first-order valence-electron chi connectivity index (χ1n) is 8.16. The molecule has 26 heavy (non-hydrogen) atoms. The molecule has 2 rings (SSSR count). The van der Waals surface area contributed by atoms with Crippen LogP contribution in [0.5, 0.6) is 5.75 Å². The maximum Gasteiger partial charge on any atom is 0.331 e. The summed E-state index contributed by atoms with van der Waals surface area (Å²) >= 11 is 5.80. The summed E-state index contributed by atoms with van der Waals surface area (Å²) < 4.78 is 10.4. The summed E-state index contributed by atoms with van der Waals surface area (Å²) in [5.41, 5.74) is 1.40. The van der Waals surface area contributed by atoms with Gasteiger partial charge in [0.2, 0.25) is 0 Å². The van der Waals surface area contributed by atoms with Crippen LogP contribution in [0.1, 0.15) is 19.4 Å². The summed E-state index contributed by atoms with van der Waals surface area (Å²) in [6.07, 6.45) is 1.93. The van der Waals surface area contributed by atoms with Gasteiger partial charge in [-0.2, -0.15) is 0 Å². The summed E-state index contributed by atoms with van der Waals surface area (Å²) in [6, 6.07) is 13.9. The predicted octanol–water partition coefficient (Wildman–Crippen LogP) is 4.32. The third kappa shape index (κ3) is 6.26. The Labute approximate surface area is 157 Å². The molecule has 1 atom stereocenters. The number of halogens is 1. The molecule has 0 aliphatic rings. The fraction of sp³-hybridized carbons (Fsp3) is 0.200. The Morgan fingerprint density at radius 3 is 2.38 bits per heavy atom. The number of carbonyl (C=O) groups is 2. The lowest BCUT2D eigenvalue weighted by atomic mass is 10.2. The highest BCUT2D eigenvalue weighted by Gasteiger charge is 2.16. The zero-order valence-corrected chi connectivity index (χ0v) is 15.3. The molecule has 0 fully saturated rings. The number of ether oxygens (including phenoxy) is 2. The van der Waals surface area contributed by atoms with Gasteiger partial charge in [-0.1, -0.05) is 23.7 Å². The topological polar surface area (TPSA) is 64.6 Å². The van der Waals surface area contributed by atoms with Crippen molar-refractivity contribution in [3.8, 4) is 5.75 Å². The second kappa shape index (κ2) is 9.63. The van der Waals surface area contributed by atoms with Gasteiger partial charge in [-0.3, -0.25) is 4.79 Å². The molecule has 0 unspecified atom stereocenters. The molecule has 136 valence electrons. The van der Waals surface area contributed by atoms with Crippen LogP contribution in [0.4, 0.5) is 5.69 Å². The minimum absolute atomic E-state index is 0.414. The molecule has 0 aliphatic heterocycles. The molecule has 0 spiro atoms. The van der Waals surface area contributed by atoms with Crippen LogP contribution in [0, 0.1) is 0 Å². The second-order valence-electron chi connectivity index (χ2n) is 5.41. The van der Waals surface area contributed by atoms with E-state index in [-0.39, 0.29) is 0 Å². The van der Waals surface area contributed by atoms with Crippen LogP contribution in [0.3, 0.4) is 0 Å². The number of nitrogens with one attached hydrogen (secondary N) is 1. The number of rotatable bonds is 7. The molecular formula is C20H20ClNO4. The summed E-state index contributed by atoms with van der Waals surface area (Å²) in [7, 11) is 0. The van der Waals surface area contributed by atoms with Crippen LogP contribution in [0.25, 0.3) is 6.08 Å². The number of anilines is 1. The molecule has 6 heteroatoms. The van der Waals surface area contributed by atoms with Gasteiger partial charge in [-0.25, -0.2) is 4.79 Å². The number of amides is 1. The lowest BCUT2D eigenvalue weighted by Gasteiger charge is -2.12. The van der Waals surface area contributed by atoms with E-state index in [4.69, 9.17) is 21.1 Å². The monoisotopic (exact) mass is 373 g/mol. The fourth-order valence-electron chi connectivity index (χ4n) is 2.05. The Balaban J connectivity index is 1.85. The van der Waals surface area contributed by atoms with Crippen molar-refractivity contribution < 1.29 is 19.1 Å². The van der Waals surface area contributed by atoms with E-state index in [0.29, 0.717) is 17.3 Å². The number of hydrogen-bond donors (Lipinski definition) is 1. The molecule has 5 nitrogen and oxygen atoms in total. The fourth-order valence-corrected chi connectivity index (χ4v) is 2.18. The maximum absolute atomic E-state index is 12.1. The van der Waals surface area contributed by atoms with Crippen LogP contribution in [-0.4, -0.2) is 24.6 Å². The molecule has 0 aliphatic carbocycles. The summed E-state index contributed by atoms with van der Waals surface area (Å²) in [5, 5.41) is 3.30. The first kappa shape index (κ1) is 19.5. The van der Waals surface area contributed by atoms with Gasteiger partial charge in [-0.15, -0.1) is 0 Å². The van der Waals surface area contributed by atoms with Gasteiger partial charge >= 0.3 is 5.97 Å². The Morgan fingerprint density at radius 2 is 1.77 bits per heavy atom. The zero-order chi connectivity index (χ0) is 18.9. The molecule has 0 saturated heterocycles. The van der Waals surface area contributed by atoms with E-state index >= 15 is 0 Å². The lowest BCUT2D eigenvalue weighted by molar-refractivity contribution is -0.148. The van der Waals surface area contributed by atoms with Gasteiger partial charge in [0.15, 0.2) is 6.10 Å². The van der Waals surface area contributed by atoms with Gasteiger partial charge < -0.3 is 14.8 Å². The van der Waals surface area contributed by atoms with E-state index in [1.165, 1.54) is 13.0 Å². The third-order valence-electron chi connectivity index (χ3n) is 3.38. The quantitative estimate of drug-likeness (QED) is 0.579. The van der Waals surface area contributed by atoms with Crippen molar-refractivity contribution in [3.63, 3.8) is 0 Å². The van der Waals surface area contributed by atoms with E-state index in [1.54, 1.807) is 54.6 Å². The average Bonchev–Trinajstić information content (AvgIpc) is 2.63. The number of esters is 1. The van der Waals surface area contributed by atoms with E-state index in [9.17, 15) is 9.59 Å². The standard InChI is InChI=1S/C20H20ClNO4/c1-3-25-18-11-9-17(10-12-18)22-20(24)14(2)26-19(23)13-6-15-4-7-16(21)8-5-15/h4-14H,3H2,1-2H3,(H,22,24)/b13-6+/t14-/m1/s1. The molecular weight excluding hydrogens is 354 g/mol. The summed E-state index contributed by atoms with van der Waals surface area (Å²) in [4.78, 5) is 23.9. The van der Waals surface area contributed by atoms with E-state index in [0.717, 1.165) is 11.3 Å². The minimum atomic E-state index is -0.927. The Kier molecular flexibility index (Phi) is 7.24. The largest absolute Gasteiger partial charge is 0.494 e. The molecule has 0 saturated carbocycles. The van der Waals surface area contributed by atoms with Crippen molar-refractivity contribution in [1.29, 1.82) is 0 Å². The third-order valence-corrected chi connectivity index (χ3v) is 3.63. The van der Waals surface area contributed by atoms with E-state index in [2.05, 4.69) is 5.32 Å². The van der Waals surface area contributed by atoms with Crippen molar-refractivity contribution in [1.82, 2.24) is 0 Å². The Hall–Kier alpha value is -2.79. The van der Waals surface area contributed by atoms with Crippen molar-refractivity contribution in [2.24, 2.45) is 0 Å². The highest BCUT2D eigenvalue weighted by Crippen LogP contribution is 2.16. The molecule has 0 bridgehead atoms. The van der Waals surface area contributed by atoms with Crippen molar-refractivity contribution >= 4 is 35.2 Å². The van der Waals surface area contributed by atoms with Gasteiger partial charge in [0, 0.05) is 16.8 Å². The Morgan fingerprint density at radius 1 is 1.12 bits per heavy atom. The van der Waals surface area contributed by atoms with E-state index < -0.39 is 18.0 Å². The lowest BCUT2D eigenvalue weighted by Crippen LogP contribution is -2.29. The van der Waals surface area contributed by atoms with Crippen LogP contribution in [-0.2, 0) is 14.3 Å². The smallest absolute Gasteiger partial charge is 0.331 e. The van der Waals surface area contributed by atoms with Gasteiger partial charge in [0.05, 0.1) is 6.61 Å². The van der Waals surface area contributed by atoms with Crippen LogP contribution < -0.4 is 10.1 Å². The number of hydrogen-bond acceptors (Lipinski definition) is 4. The molecule has 0 radical (unpaired) electrons. The van der Waals surface area contributed by atoms with Gasteiger partial charge in [0.1, 0.15) is 5.75 Å². The van der Waals surface area contributed by atoms with Crippen LogP contribution in [0.15, 0.2) is 54.6 Å².